The van der Waals surface area contributed by atoms with Crippen LogP contribution < -0.4 is 5.32 Å². The molecule has 0 saturated carbocycles. The number of hydrogen-bond acceptors (Lipinski definition) is 4. The number of anilines is 1. The Morgan fingerprint density at radius 3 is 2.55 bits per heavy atom. The van der Waals surface area contributed by atoms with Crippen LogP contribution in [0.3, 0.4) is 0 Å². The van der Waals surface area contributed by atoms with Crippen LogP contribution in [0.25, 0.3) is 11.1 Å². The molecule has 4 rings (SSSR count). The summed E-state index contributed by atoms with van der Waals surface area (Å²) in [5.41, 5.74) is 2.93. The largest absolute Gasteiger partial charge is 0.337 e. The van der Waals surface area contributed by atoms with E-state index >= 15 is 0 Å². The summed E-state index contributed by atoms with van der Waals surface area (Å²) in [6.07, 6.45) is 0. The first-order valence-electron chi connectivity index (χ1n) is 9.68. The molecule has 0 radical (unpaired) electrons. The van der Waals surface area contributed by atoms with Gasteiger partial charge < -0.3 is 20.0 Å². The van der Waals surface area contributed by atoms with Gasteiger partial charge >= 0.3 is 0 Å². The Hall–Kier alpha value is -3.19. The number of carbonyl (C=O) groups excluding carboxylic acids is 3. The van der Waals surface area contributed by atoms with E-state index in [9.17, 15) is 14.4 Å². The smallest absolute Gasteiger partial charge is 0.256 e. The quantitative estimate of drug-likeness (QED) is 0.860. The summed E-state index contributed by atoms with van der Waals surface area (Å²) in [6, 6.07) is 14.6. The van der Waals surface area contributed by atoms with E-state index in [1.807, 2.05) is 56.6 Å². The fourth-order valence-electron chi connectivity index (χ4n) is 3.86. The summed E-state index contributed by atoms with van der Waals surface area (Å²) in [7, 11) is 3.66. The Labute approximate surface area is 169 Å². The highest BCUT2D eigenvalue weighted by molar-refractivity contribution is 6.10. The van der Waals surface area contributed by atoms with E-state index < -0.39 is 6.04 Å². The van der Waals surface area contributed by atoms with Crippen molar-refractivity contribution in [3.63, 3.8) is 0 Å². The van der Waals surface area contributed by atoms with Crippen LogP contribution in [0.2, 0.25) is 0 Å². The standard InChI is InChI=1S/C22H24N4O3/c1-24(2)14-20(27)25-10-11-26-19(13-25)21(28)23-18-9-8-16(12-17(18)22(26)29)15-6-4-3-5-7-15/h3-9,12,19H,10-11,13-14H2,1-2H3,(H,23,28)/t19-/m1/s1. The molecule has 0 bridgehead atoms. The van der Waals surface area contributed by atoms with Gasteiger partial charge in [0.25, 0.3) is 5.91 Å². The molecule has 0 aromatic heterocycles. The van der Waals surface area contributed by atoms with Crippen molar-refractivity contribution >= 4 is 23.4 Å². The van der Waals surface area contributed by atoms with Gasteiger partial charge in [-0.3, -0.25) is 14.4 Å². The highest BCUT2D eigenvalue weighted by Crippen LogP contribution is 2.30. The summed E-state index contributed by atoms with van der Waals surface area (Å²) in [5.74, 6) is -0.476. The maximum absolute atomic E-state index is 13.3. The second-order valence-electron chi connectivity index (χ2n) is 7.71. The Bertz CT molecular complexity index is 958. The lowest BCUT2D eigenvalue weighted by Crippen LogP contribution is -2.60. The van der Waals surface area contributed by atoms with Crippen LogP contribution in [-0.4, -0.2) is 78.7 Å². The summed E-state index contributed by atoms with van der Waals surface area (Å²) < 4.78 is 0. The lowest BCUT2D eigenvalue weighted by Gasteiger charge is -2.39. The average Bonchev–Trinajstić information content (AvgIpc) is 2.82. The SMILES string of the molecule is CN(C)CC(=O)N1CCN2C(=O)c3cc(-c4ccccc4)ccc3NC(=O)[C@H]2C1. The minimum atomic E-state index is -0.685. The third-order valence-corrected chi connectivity index (χ3v) is 5.36. The zero-order chi connectivity index (χ0) is 20.5. The van der Waals surface area contributed by atoms with Gasteiger partial charge in [-0.05, 0) is 37.4 Å². The lowest BCUT2D eigenvalue weighted by atomic mass is 10.0. The van der Waals surface area contributed by atoms with Crippen molar-refractivity contribution in [3.05, 3.63) is 54.1 Å². The van der Waals surface area contributed by atoms with Gasteiger partial charge in [0.05, 0.1) is 24.3 Å². The molecule has 7 nitrogen and oxygen atoms in total. The van der Waals surface area contributed by atoms with Crippen LogP contribution in [-0.2, 0) is 9.59 Å². The van der Waals surface area contributed by atoms with Crippen molar-refractivity contribution in [2.75, 3.05) is 45.6 Å². The number of nitrogens with zero attached hydrogens (tertiary/aromatic N) is 3. The molecule has 0 unspecified atom stereocenters. The van der Waals surface area contributed by atoms with E-state index in [-0.39, 0.29) is 30.8 Å². The van der Waals surface area contributed by atoms with E-state index in [0.29, 0.717) is 24.3 Å². The Balaban J connectivity index is 1.62. The molecule has 2 aliphatic heterocycles. The van der Waals surface area contributed by atoms with E-state index in [2.05, 4.69) is 5.32 Å². The van der Waals surface area contributed by atoms with Crippen molar-refractivity contribution in [1.82, 2.24) is 14.7 Å². The molecular formula is C22H24N4O3. The normalized spacial score (nSPS) is 18.8. The van der Waals surface area contributed by atoms with Crippen molar-refractivity contribution in [1.29, 1.82) is 0 Å². The van der Waals surface area contributed by atoms with Crippen LogP contribution in [0, 0.1) is 0 Å². The topological polar surface area (TPSA) is 73.0 Å². The van der Waals surface area contributed by atoms with Gasteiger partial charge in [-0.25, -0.2) is 0 Å². The van der Waals surface area contributed by atoms with Gasteiger partial charge in [-0.2, -0.15) is 0 Å². The van der Waals surface area contributed by atoms with Gasteiger partial charge in [0, 0.05) is 13.1 Å². The second kappa shape index (κ2) is 7.67. The first kappa shape index (κ1) is 19.1. The molecular weight excluding hydrogens is 368 g/mol. The molecule has 2 aliphatic rings. The Morgan fingerprint density at radius 1 is 1.07 bits per heavy atom. The van der Waals surface area contributed by atoms with Crippen LogP contribution in [0.5, 0.6) is 0 Å². The van der Waals surface area contributed by atoms with E-state index in [0.717, 1.165) is 11.1 Å². The predicted octanol–water partition coefficient (Wildman–Crippen LogP) is 1.52. The first-order valence-corrected chi connectivity index (χ1v) is 9.68. The molecule has 2 heterocycles. The number of piperazine rings is 1. The maximum atomic E-state index is 13.3. The number of carbonyl (C=O) groups is 3. The number of rotatable bonds is 3. The highest BCUT2D eigenvalue weighted by Gasteiger charge is 2.40. The van der Waals surface area contributed by atoms with Crippen molar-refractivity contribution < 1.29 is 14.4 Å². The first-order chi connectivity index (χ1) is 13.9. The zero-order valence-corrected chi connectivity index (χ0v) is 16.6. The molecule has 29 heavy (non-hydrogen) atoms. The van der Waals surface area contributed by atoms with Gasteiger partial charge in [-0.15, -0.1) is 0 Å². The molecule has 7 heteroatoms. The van der Waals surface area contributed by atoms with Gasteiger partial charge in [-0.1, -0.05) is 36.4 Å². The predicted molar refractivity (Wildman–Crippen MR) is 110 cm³/mol. The third kappa shape index (κ3) is 3.73. The number of amides is 3. The van der Waals surface area contributed by atoms with Crippen molar-refractivity contribution in [2.24, 2.45) is 0 Å². The van der Waals surface area contributed by atoms with Crippen molar-refractivity contribution in [3.8, 4) is 11.1 Å². The molecule has 0 spiro atoms. The molecule has 0 aliphatic carbocycles. The monoisotopic (exact) mass is 392 g/mol. The average molecular weight is 392 g/mol. The van der Waals surface area contributed by atoms with Crippen LogP contribution in [0.15, 0.2) is 48.5 Å². The number of nitrogens with one attached hydrogen (secondary N) is 1. The maximum Gasteiger partial charge on any atom is 0.256 e. The molecule has 2 aromatic carbocycles. The number of hydrogen-bond donors (Lipinski definition) is 1. The minimum absolute atomic E-state index is 0.0389. The van der Waals surface area contributed by atoms with Gasteiger partial charge in [0.2, 0.25) is 11.8 Å². The van der Waals surface area contributed by atoms with Crippen LogP contribution in [0.1, 0.15) is 10.4 Å². The van der Waals surface area contributed by atoms with Crippen LogP contribution >= 0.6 is 0 Å². The summed E-state index contributed by atoms with van der Waals surface area (Å²) in [5, 5.41) is 2.88. The van der Waals surface area contributed by atoms with Crippen LogP contribution in [0.4, 0.5) is 5.69 Å². The summed E-state index contributed by atoms with van der Waals surface area (Å²) in [6.45, 7) is 1.26. The summed E-state index contributed by atoms with van der Waals surface area (Å²) >= 11 is 0. The fraction of sp³-hybridized carbons (Fsp3) is 0.318. The molecule has 1 N–H and O–H groups in total. The number of fused-ring (bicyclic) bond motifs is 2. The lowest BCUT2D eigenvalue weighted by molar-refractivity contribution is -0.136. The van der Waals surface area contributed by atoms with E-state index in [1.54, 1.807) is 20.8 Å². The molecule has 1 atom stereocenters. The van der Waals surface area contributed by atoms with Crippen molar-refractivity contribution in [2.45, 2.75) is 6.04 Å². The fourth-order valence-corrected chi connectivity index (χ4v) is 3.86. The second-order valence-corrected chi connectivity index (χ2v) is 7.71. The van der Waals surface area contributed by atoms with E-state index in [1.165, 1.54) is 0 Å². The summed E-state index contributed by atoms with van der Waals surface area (Å²) in [4.78, 5) is 43.6. The number of benzene rings is 2. The molecule has 150 valence electrons. The minimum Gasteiger partial charge on any atom is -0.337 e. The Morgan fingerprint density at radius 2 is 1.83 bits per heavy atom. The molecule has 1 fully saturated rings. The molecule has 3 amide bonds. The zero-order valence-electron chi connectivity index (χ0n) is 16.6. The Kier molecular flexibility index (Phi) is 5.07. The number of likely N-dealkylation sites (N-methyl/N-ethyl adjacent to an activating group) is 1. The van der Waals surface area contributed by atoms with E-state index in [4.69, 9.17) is 0 Å². The van der Waals surface area contributed by atoms with Gasteiger partial charge in [0.1, 0.15) is 6.04 Å². The molecule has 2 aromatic rings. The third-order valence-electron chi connectivity index (χ3n) is 5.36. The van der Waals surface area contributed by atoms with Gasteiger partial charge in [0.15, 0.2) is 0 Å². The molecule has 1 saturated heterocycles. The highest BCUT2D eigenvalue weighted by atomic mass is 16.2.